The second-order valence-corrected chi connectivity index (χ2v) is 6.78. The van der Waals surface area contributed by atoms with Crippen molar-refractivity contribution in [3.63, 3.8) is 0 Å². The fourth-order valence-corrected chi connectivity index (χ4v) is 3.58. The highest BCUT2D eigenvalue weighted by molar-refractivity contribution is 9.11. The van der Waals surface area contributed by atoms with E-state index in [1.165, 1.54) is 13.3 Å². The SMILES string of the molecule is COc1cccc(/C=N/NC(=O)COc2c(C)cc(Br)cc2Br)c1O. The zero-order valence-electron chi connectivity index (χ0n) is 13.5. The maximum absolute atomic E-state index is 11.8. The average molecular weight is 472 g/mol. The Kier molecular flexibility index (Phi) is 6.83. The molecule has 0 aliphatic heterocycles. The molecule has 2 aromatic rings. The van der Waals surface area contributed by atoms with Crippen LogP contribution in [0.4, 0.5) is 0 Å². The molecule has 1 amide bonds. The predicted octanol–water partition coefficient (Wildman–Crippen LogP) is 3.76. The minimum absolute atomic E-state index is 0.0475. The van der Waals surface area contributed by atoms with Gasteiger partial charge >= 0.3 is 0 Å². The Bertz CT molecular complexity index is 786. The Hall–Kier alpha value is -2.06. The van der Waals surface area contributed by atoms with Crippen molar-refractivity contribution in [1.29, 1.82) is 0 Å². The summed E-state index contributed by atoms with van der Waals surface area (Å²) in [5, 5.41) is 13.7. The predicted molar refractivity (Wildman–Crippen MR) is 102 cm³/mol. The fourth-order valence-electron chi connectivity index (χ4n) is 2.02. The van der Waals surface area contributed by atoms with Gasteiger partial charge in [0.2, 0.25) is 0 Å². The minimum atomic E-state index is -0.423. The van der Waals surface area contributed by atoms with E-state index < -0.39 is 5.91 Å². The van der Waals surface area contributed by atoms with Gasteiger partial charge in [-0.15, -0.1) is 0 Å². The summed E-state index contributed by atoms with van der Waals surface area (Å²) in [5.41, 5.74) is 3.66. The number of hydrazone groups is 1. The number of para-hydroxylation sites is 1. The van der Waals surface area contributed by atoms with E-state index in [1.807, 2.05) is 19.1 Å². The molecule has 6 nitrogen and oxygen atoms in total. The van der Waals surface area contributed by atoms with Crippen LogP contribution in [-0.2, 0) is 4.79 Å². The van der Waals surface area contributed by atoms with E-state index in [1.54, 1.807) is 18.2 Å². The van der Waals surface area contributed by atoms with Gasteiger partial charge in [0.1, 0.15) is 5.75 Å². The zero-order chi connectivity index (χ0) is 18.4. The molecule has 2 rings (SSSR count). The molecule has 0 radical (unpaired) electrons. The van der Waals surface area contributed by atoms with E-state index in [4.69, 9.17) is 9.47 Å². The zero-order valence-corrected chi connectivity index (χ0v) is 16.7. The van der Waals surface area contributed by atoms with Crippen molar-refractivity contribution in [2.45, 2.75) is 6.92 Å². The van der Waals surface area contributed by atoms with Crippen molar-refractivity contribution in [2.75, 3.05) is 13.7 Å². The van der Waals surface area contributed by atoms with Gasteiger partial charge in [0.25, 0.3) is 5.91 Å². The summed E-state index contributed by atoms with van der Waals surface area (Å²) in [6, 6.07) is 8.70. The number of hydrogen-bond donors (Lipinski definition) is 2. The number of rotatable bonds is 6. The van der Waals surface area contributed by atoms with Gasteiger partial charge in [-0.1, -0.05) is 22.0 Å². The highest BCUT2D eigenvalue weighted by atomic mass is 79.9. The topological polar surface area (TPSA) is 80.2 Å². The van der Waals surface area contributed by atoms with Gasteiger partial charge in [-0.2, -0.15) is 5.10 Å². The molecule has 0 fully saturated rings. The molecule has 0 spiro atoms. The molecule has 0 heterocycles. The van der Waals surface area contributed by atoms with Crippen LogP contribution in [-0.4, -0.2) is 30.9 Å². The largest absolute Gasteiger partial charge is 0.504 e. The van der Waals surface area contributed by atoms with E-state index in [0.29, 0.717) is 17.1 Å². The molecule has 0 unspecified atom stereocenters. The molecular weight excluding hydrogens is 456 g/mol. The highest BCUT2D eigenvalue weighted by Gasteiger charge is 2.09. The molecule has 132 valence electrons. The van der Waals surface area contributed by atoms with Gasteiger partial charge < -0.3 is 14.6 Å². The van der Waals surface area contributed by atoms with Crippen LogP contribution < -0.4 is 14.9 Å². The quantitative estimate of drug-likeness (QED) is 0.496. The third-order valence-electron chi connectivity index (χ3n) is 3.18. The Morgan fingerprint density at radius 1 is 1.36 bits per heavy atom. The lowest BCUT2D eigenvalue weighted by Crippen LogP contribution is -2.24. The molecule has 0 saturated carbocycles. The van der Waals surface area contributed by atoms with E-state index in [-0.39, 0.29) is 12.4 Å². The first-order valence-electron chi connectivity index (χ1n) is 7.18. The summed E-state index contributed by atoms with van der Waals surface area (Å²) in [7, 11) is 1.46. The third kappa shape index (κ3) is 5.20. The van der Waals surface area contributed by atoms with Crippen LogP contribution in [0.15, 0.2) is 44.4 Å². The number of ether oxygens (including phenoxy) is 2. The van der Waals surface area contributed by atoms with Crippen LogP contribution in [0.2, 0.25) is 0 Å². The van der Waals surface area contributed by atoms with E-state index >= 15 is 0 Å². The van der Waals surface area contributed by atoms with E-state index in [9.17, 15) is 9.90 Å². The monoisotopic (exact) mass is 470 g/mol. The first-order valence-corrected chi connectivity index (χ1v) is 8.77. The van der Waals surface area contributed by atoms with Crippen molar-refractivity contribution in [3.8, 4) is 17.2 Å². The summed E-state index contributed by atoms with van der Waals surface area (Å²) in [6.45, 7) is 1.69. The van der Waals surface area contributed by atoms with Gasteiger partial charge in [0.05, 0.1) is 17.8 Å². The van der Waals surface area contributed by atoms with Crippen LogP contribution in [0, 0.1) is 6.92 Å². The number of benzene rings is 2. The smallest absolute Gasteiger partial charge is 0.277 e. The average Bonchev–Trinajstić information content (AvgIpc) is 2.55. The van der Waals surface area contributed by atoms with Gasteiger partial charge in [0.15, 0.2) is 18.1 Å². The minimum Gasteiger partial charge on any atom is -0.504 e. The second kappa shape index (κ2) is 8.87. The molecule has 2 aromatic carbocycles. The molecular formula is C17H16Br2N2O4. The van der Waals surface area contributed by atoms with Gasteiger partial charge in [-0.3, -0.25) is 4.79 Å². The van der Waals surface area contributed by atoms with Crippen LogP contribution in [0.25, 0.3) is 0 Å². The van der Waals surface area contributed by atoms with Crippen LogP contribution in [0.1, 0.15) is 11.1 Å². The molecule has 25 heavy (non-hydrogen) atoms. The fraction of sp³-hybridized carbons (Fsp3) is 0.176. The number of halogens is 2. The van der Waals surface area contributed by atoms with Gasteiger partial charge in [-0.05, 0) is 52.7 Å². The molecule has 0 aliphatic carbocycles. The second-order valence-electron chi connectivity index (χ2n) is 5.01. The number of phenolic OH excluding ortho intramolecular Hbond substituents is 1. The molecule has 0 atom stereocenters. The first kappa shape index (κ1) is 19.3. The first-order chi connectivity index (χ1) is 11.9. The number of aromatic hydroxyl groups is 1. The van der Waals surface area contributed by atoms with Gasteiger partial charge in [0, 0.05) is 10.0 Å². The number of nitrogens with one attached hydrogen (secondary N) is 1. The lowest BCUT2D eigenvalue weighted by molar-refractivity contribution is -0.123. The number of aryl methyl sites for hydroxylation is 1. The molecule has 0 saturated heterocycles. The number of amides is 1. The Morgan fingerprint density at radius 3 is 2.80 bits per heavy atom. The van der Waals surface area contributed by atoms with E-state index in [0.717, 1.165) is 14.5 Å². The summed E-state index contributed by atoms with van der Waals surface area (Å²) >= 11 is 6.78. The lowest BCUT2D eigenvalue weighted by Gasteiger charge is -2.11. The molecule has 2 N–H and O–H groups in total. The third-order valence-corrected chi connectivity index (χ3v) is 4.23. The number of carbonyl (C=O) groups is 1. The van der Waals surface area contributed by atoms with Crippen molar-refractivity contribution in [1.82, 2.24) is 5.43 Å². The summed E-state index contributed by atoms with van der Waals surface area (Å²) in [6.07, 6.45) is 1.33. The molecule has 0 aliphatic rings. The number of carbonyl (C=O) groups excluding carboxylic acids is 1. The highest BCUT2D eigenvalue weighted by Crippen LogP contribution is 2.32. The standard InChI is InChI=1S/C17H16Br2N2O4/c1-10-6-12(18)7-13(19)17(10)25-9-15(22)21-20-8-11-4-3-5-14(24-2)16(11)23/h3-8,23H,9H2,1-2H3,(H,21,22)/b20-8+. The number of hydrogen-bond acceptors (Lipinski definition) is 5. The maximum Gasteiger partial charge on any atom is 0.277 e. The normalized spacial score (nSPS) is 10.7. The van der Waals surface area contributed by atoms with Crippen molar-refractivity contribution >= 4 is 44.0 Å². The molecule has 8 heteroatoms. The van der Waals surface area contributed by atoms with Gasteiger partial charge in [-0.25, -0.2) is 5.43 Å². The van der Waals surface area contributed by atoms with E-state index in [2.05, 4.69) is 42.4 Å². The lowest BCUT2D eigenvalue weighted by atomic mass is 10.2. The molecule has 0 aromatic heterocycles. The number of phenols is 1. The van der Waals surface area contributed by atoms with Crippen molar-refractivity contribution in [2.24, 2.45) is 5.10 Å². The Labute approximate surface area is 162 Å². The van der Waals surface area contributed by atoms with Crippen molar-refractivity contribution < 1.29 is 19.4 Å². The number of nitrogens with zero attached hydrogens (tertiary/aromatic N) is 1. The van der Waals surface area contributed by atoms with Crippen LogP contribution >= 0.6 is 31.9 Å². The van der Waals surface area contributed by atoms with Crippen LogP contribution in [0.3, 0.4) is 0 Å². The van der Waals surface area contributed by atoms with Crippen molar-refractivity contribution in [3.05, 3.63) is 50.4 Å². The Morgan fingerprint density at radius 2 is 2.12 bits per heavy atom. The van der Waals surface area contributed by atoms with Crippen LogP contribution in [0.5, 0.6) is 17.2 Å². The number of methoxy groups -OCH3 is 1. The maximum atomic E-state index is 11.8. The summed E-state index contributed by atoms with van der Waals surface area (Å²) < 4.78 is 12.2. The Balaban J connectivity index is 1.93. The molecule has 0 bridgehead atoms. The summed E-state index contributed by atoms with van der Waals surface area (Å²) in [5.74, 6) is 0.448. The summed E-state index contributed by atoms with van der Waals surface area (Å²) in [4.78, 5) is 11.8.